The molecule has 0 bridgehead atoms. The van der Waals surface area contributed by atoms with E-state index in [1.165, 1.54) is 0 Å². The molecule has 0 aliphatic heterocycles. The summed E-state index contributed by atoms with van der Waals surface area (Å²) in [5, 5.41) is 20.5. The van der Waals surface area contributed by atoms with E-state index in [0.717, 1.165) is 13.0 Å². The molecule has 2 heterocycles. The molecule has 0 atom stereocenters. The predicted octanol–water partition coefficient (Wildman–Crippen LogP) is 0.822. The monoisotopic (exact) mass is 320 g/mol. The van der Waals surface area contributed by atoms with E-state index in [9.17, 15) is 4.79 Å². The van der Waals surface area contributed by atoms with Gasteiger partial charge in [0.15, 0.2) is 11.6 Å². The zero-order valence-corrected chi connectivity index (χ0v) is 13.3. The molecule has 0 amide bonds. The van der Waals surface area contributed by atoms with Gasteiger partial charge < -0.3 is 26.4 Å². The van der Waals surface area contributed by atoms with Crippen LogP contribution in [0.1, 0.15) is 13.3 Å². The highest BCUT2D eigenvalue weighted by Crippen LogP contribution is 2.26. The van der Waals surface area contributed by atoms with Crippen LogP contribution in [0, 0.1) is 0 Å². The summed E-state index contributed by atoms with van der Waals surface area (Å²) in [6, 6.07) is 0. The Bertz CT molecular complexity index is 706. The van der Waals surface area contributed by atoms with E-state index >= 15 is 0 Å². The first-order valence-corrected chi connectivity index (χ1v) is 7.23. The maximum atomic E-state index is 10.7. The van der Waals surface area contributed by atoms with Gasteiger partial charge in [0.1, 0.15) is 17.6 Å². The van der Waals surface area contributed by atoms with Crippen LogP contribution in [0.5, 0.6) is 0 Å². The number of hydrogen-bond acceptors (Lipinski definition) is 9. The van der Waals surface area contributed by atoms with Crippen molar-refractivity contribution in [1.82, 2.24) is 19.9 Å². The van der Waals surface area contributed by atoms with E-state index in [1.807, 2.05) is 0 Å². The third-order valence-corrected chi connectivity index (χ3v) is 2.95. The molecule has 0 spiro atoms. The zero-order chi connectivity index (χ0) is 16.8. The van der Waals surface area contributed by atoms with Crippen molar-refractivity contribution in [3.63, 3.8) is 0 Å². The maximum Gasteiger partial charge on any atom is 0.322 e. The number of rotatable bonds is 8. The second kappa shape index (κ2) is 7.38. The SMILES string of the molecule is CCCNc1nc(NC)c2nc(NCC(=O)O)nc(NC)c2n1. The number of nitrogens with one attached hydrogen (secondary N) is 4. The summed E-state index contributed by atoms with van der Waals surface area (Å²) >= 11 is 0. The fraction of sp³-hybridized carbons (Fsp3) is 0.462. The molecule has 0 radical (unpaired) electrons. The molecule has 2 rings (SSSR count). The smallest absolute Gasteiger partial charge is 0.322 e. The average Bonchev–Trinajstić information content (AvgIpc) is 2.56. The molecule has 23 heavy (non-hydrogen) atoms. The Hall–Kier alpha value is -2.91. The highest BCUT2D eigenvalue weighted by molar-refractivity contribution is 5.94. The van der Waals surface area contributed by atoms with E-state index in [-0.39, 0.29) is 12.5 Å². The van der Waals surface area contributed by atoms with Crippen LogP contribution in [0.15, 0.2) is 0 Å². The second-order valence-corrected chi connectivity index (χ2v) is 4.66. The fourth-order valence-corrected chi connectivity index (χ4v) is 1.91. The van der Waals surface area contributed by atoms with Crippen LogP contribution in [-0.4, -0.2) is 58.2 Å². The topological polar surface area (TPSA) is 137 Å². The minimum Gasteiger partial charge on any atom is -0.480 e. The van der Waals surface area contributed by atoms with Gasteiger partial charge in [-0.3, -0.25) is 4.79 Å². The largest absolute Gasteiger partial charge is 0.480 e. The number of carbonyl (C=O) groups is 1. The van der Waals surface area contributed by atoms with Gasteiger partial charge in [0.25, 0.3) is 0 Å². The first-order valence-electron chi connectivity index (χ1n) is 7.23. The lowest BCUT2D eigenvalue weighted by Crippen LogP contribution is -2.16. The van der Waals surface area contributed by atoms with Crippen LogP contribution in [0.2, 0.25) is 0 Å². The lowest BCUT2D eigenvalue weighted by Gasteiger charge is -2.12. The molecule has 124 valence electrons. The van der Waals surface area contributed by atoms with Gasteiger partial charge in [-0.1, -0.05) is 6.92 Å². The molecule has 2 aromatic rings. The number of aromatic nitrogens is 4. The van der Waals surface area contributed by atoms with Crippen molar-refractivity contribution in [2.45, 2.75) is 13.3 Å². The Kier molecular flexibility index (Phi) is 5.28. The first-order chi connectivity index (χ1) is 11.1. The molecule has 10 heteroatoms. The molecular formula is C13H20N8O2. The summed E-state index contributed by atoms with van der Waals surface area (Å²) in [5.41, 5.74) is 1.05. The number of hydrogen-bond donors (Lipinski definition) is 5. The molecule has 0 aliphatic carbocycles. The van der Waals surface area contributed by atoms with Gasteiger partial charge in [-0.05, 0) is 6.42 Å². The van der Waals surface area contributed by atoms with Crippen molar-refractivity contribution >= 4 is 40.5 Å². The summed E-state index contributed by atoms with van der Waals surface area (Å²) in [6.07, 6.45) is 0.948. The van der Waals surface area contributed by atoms with E-state index in [2.05, 4.69) is 48.1 Å². The van der Waals surface area contributed by atoms with Crippen molar-refractivity contribution in [2.75, 3.05) is 48.5 Å². The summed E-state index contributed by atoms with van der Waals surface area (Å²) in [7, 11) is 3.44. The van der Waals surface area contributed by atoms with Gasteiger partial charge in [0.05, 0.1) is 0 Å². The van der Waals surface area contributed by atoms with Crippen LogP contribution < -0.4 is 21.3 Å². The Morgan fingerprint density at radius 2 is 1.48 bits per heavy atom. The number of nitrogens with zero attached hydrogens (tertiary/aromatic N) is 4. The van der Waals surface area contributed by atoms with E-state index < -0.39 is 5.97 Å². The highest BCUT2D eigenvalue weighted by Gasteiger charge is 2.15. The molecule has 2 aromatic heterocycles. The lowest BCUT2D eigenvalue weighted by molar-refractivity contribution is -0.134. The molecule has 5 N–H and O–H groups in total. The summed E-state index contributed by atoms with van der Waals surface area (Å²) < 4.78 is 0. The third-order valence-electron chi connectivity index (χ3n) is 2.95. The molecule has 0 saturated carbocycles. The number of anilines is 4. The highest BCUT2D eigenvalue weighted by atomic mass is 16.4. The summed E-state index contributed by atoms with van der Waals surface area (Å²) in [5.74, 6) is 0.699. The van der Waals surface area contributed by atoms with Gasteiger partial charge in [-0.25, -0.2) is 9.97 Å². The van der Waals surface area contributed by atoms with Crippen molar-refractivity contribution in [3.05, 3.63) is 0 Å². The maximum absolute atomic E-state index is 10.7. The van der Waals surface area contributed by atoms with Crippen LogP contribution in [0.25, 0.3) is 11.0 Å². The second-order valence-electron chi connectivity index (χ2n) is 4.66. The standard InChI is InChI=1S/C13H20N8O2/c1-4-5-16-12-18-8-9(10(14-2)20-12)19-13(17-6-7(22)23)21-11(8)15-3/h4-6H2,1-3H3,(H,22,23)(H2,14,16,18,20)(H2,15,17,19,21). The summed E-state index contributed by atoms with van der Waals surface area (Å²) in [4.78, 5) is 28.0. The van der Waals surface area contributed by atoms with Gasteiger partial charge in [0.2, 0.25) is 11.9 Å². The molecule has 0 aliphatic rings. The van der Waals surface area contributed by atoms with Crippen molar-refractivity contribution in [3.8, 4) is 0 Å². The number of carboxylic acids is 1. The predicted molar refractivity (Wildman–Crippen MR) is 89.1 cm³/mol. The molecule has 0 aromatic carbocycles. The Labute approximate surface area is 133 Å². The van der Waals surface area contributed by atoms with Crippen LogP contribution in [0.3, 0.4) is 0 Å². The number of aliphatic carboxylic acids is 1. The van der Waals surface area contributed by atoms with E-state index in [0.29, 0.717) is 28.6 Å². The van der Waals surface area contributed by atoms with Gasteiger partial charge in [-0.15, -0.1) is 0 Å². The normalized spacial score (nSPS) is 10.4. The van der Waals surface area contributed by atoms with Crippen molar-refractivity contribution < 1.29 is 9.90 Å². The van der Waals surface area contributed by atoms with Crippen LogP contribution >= 0.6 is 0 Å². The Morgan fingerprint density at radius 3 is 1.91 bits per heavy atom. The van der Waals surface area contributed by atoms with Crippen molar-refractivity contribution in [2.24, 2.45) is 0 Å². The van der Waals surface area contributed by atoms with Gasteiger partial charge >= 0.3 is 5.97 Å². The van der Waals surface area contributed by atoms with Crippen LogP contribution in [0.4, 0.5) is 23.5 Å². The lowest BCUT2D eigenvalue weighted by atomic mass is 10.3. The molecule has 0 fully saturated rings. The van der Waals surface area contributed by atoms with Gasteiger partial charge in [-0.2, -0.15) is 9.97 Å². The summed E-state index contributed by atoms with van der Waals surface area (Å²) in [6.45, 7) is 2.53. The Morgan fingerprint density at radius 1 is 0.957 bits per heavy atom. The molecule has 0 unspecified atom stereocenters. The molecular weight excluding hydrogens is 300 g/mol. The minimum absolute atomic E-state index is 0.193. The third kappa shape index (κ3) is 3.84. The van der Waals surface area contributed by atoms with Gasteiger partial charge in [0, 0.05) is 20.6 Å². The first kappa shape index (κ1) is 16.5. The Balaban J connectivity index is 2.51. The minimum atomic E-state index is -0.996. The zero-order valence-electron chi connectivity index (χ0n) is 13.3. The number of fused-ring (bicyclic) bond motifs is 1. The quantitative estimate of drug-likeness (QED) is 0.475. The average molecular weight is 320 g/mol. The fourth-order valence-electron chi connectivity index (χ4n) is 1.91. The number of carboxylic acid groups (broad SMARTS) is 1. The van der Waals surface area contributed by atoms with E-state index in [1.54, 1.807) is 14.1 Å². The van der Waals surface area contributed by atoms with E-state index in [4.69, 9.17) is 5.11 Å². The molecule has 10 nitrogen and oxygen atoms in total. The van der Waals surface area contributed by atoms with Crippen LogP contribution in [-0.2, 0) is 4.79 Å². The van der Waals surface area contributed by atoms with Crippen molar-refractivity contribution in [1.29, 1.82) is 0 Å². The molecule has 0 saturated heterocycles.